The highest BCUT2D eigenvalue weighted by Crippen LogP contribution is 2.00. The molecule has 2 aromatic heterocycles. The monoisotopic (exact) mass is 272 g/mol. The van der Waals surface area contributed by atoms with Gasteiger partial charge in [0.15, 0.2) is 0 Å². The molecular formula is C14H16N4O2. The van der Waals surface area contributed by atoms with Gasteiger partial charge in [0, 0.05) is 42.9 Å². The summed E-state index contributed by atoms with van der Waals surface area (Å²) in [5, 5.41) is 6.76. The zero-order chi connectivity index (χ0) is 14.4. The molecule has 2 aromatic rings. The van der Waals surface area contributed by atoms with E-state index in [1.165, 1.54) is 6.20 Å². The molecule has 0 fully saturated rings. The molecule has 0 spiro atoms. The van der Waals surface area contributed by atoms with Gasteiger partial charge in [-0.15, -0.1) is 0 Å². The zero-order valence-corrected chi connectivity index (χ0v) is 11.2. The molecule has 0 saturated carbocycles. The molecule has 0 radical (unpaired) electrons. The third-order valence-corrected chi connectivity index (χ3v) is 2.86. The van der Waals surface area contributed by atoms with Crippen molar-refractivity contribution < 1.29 is 9.59 Å². The zero-order valence-electron chi connectivity index (χ0n) is 11.2. The highest BCUT2D eigenvalue weighted by Gasteiger charge is 2.18. The van der Waals surface area contributed by atoms with Crippen molar-refractivity contribution in [2.75, 3.05) is 0 Å². The first-order valence-electron chi connectivity index (χ1n) is 6.39. The maximum absolute atomic E-state index is 11.8. The maximum Gasteiger partial charge on any atom is 0.292 e. The number of aromatic nitrogens is 3. The van der Waals surface area contributed by atoms with Crippen molar-refractivity contribution in [1.29, 1.82) is 0 Å². The Hall–Kier alpha value is -2.50. The van der Waals surface area contributed by atoms with Crippen LogP contribution >= 0.6 is 0 Å². The first-order valence-corrected chi connectivity index (χ1v) is 6.39. The van der Waals surface area contributed by atoms with Crippen LogP contribution in [-0.4, -0.2) is 32.5 Å². The number of rotatable bonds is 6. The Labute approximate surface area is 116 Å². The van der Waals surface area contributed by atoms with Crippen molar-refractivity contribution in [3.05, 3.63) is 48.5 Å². The molecule has 104 valence electrons. The third kappa shape index (κ3) is 3.74. The molecule has 0 aliphatic heterocycles. The minimum Gasteiger partial charge on any atom is -0.347 e. The lowest BCUT2D eigenvalue weighted by Crippen LogP contribution is -2.38. The van der Waals surface area contributed by atoms with Crippen LogP contribution in [0.5, 0.6) is 0 Å². The summed E-state index contributed by atoms with van der Waals surface area (Å²) in [6.45, 7) is 2.55. The molecule has 0 aliphatic carbocycles. The second-order valence-electron chi connectivity index (χ2n) is 4.50. The Balaban J connectivity index is 1.83. The number of pyridine rings is 1. The Kier molecular flexibility index (Phi) is 4.60. The van der Waals surface area contributed by atoms with Gasteiger partial charge in [-0.3, -0.25) is 19.3 Å². The number of carbonyl (C=O) groups is 2. The number of nitrogens with zero attached hydrogens (tertiary/aromatic N) is 3. The first kappa shape index (κ1) is 13.9. The molecule has 1 unspecified atom stereocenters. The lowest BCUT2D eigenvalue weighted by molar-refractivity contribution is -0.117. The highest BCUT2D eigenvalue weighted by atomic mass is 16.2. The van der Waals surface area contributed by atoms with Gasteiger partial charge in [-0.25, -0.2) is 0 Å². The Morgan fingerprint density at radius 1 is 1.35 bits per heavy atom. The van der Waals surface area contributed by atoms with Crippen LogP contribution in [0.2, 0.25) is 0 Å². The standard InChI is InChI=1S/C14H16N4O2/c1-11(5-9-18-8-3-7-16-18)17-14(20)13(19)12-4-2-6-15-10-12/h2-4,6-8,10-11H,5,9H2,1H3,(H,17,20). The fourth-order valence-electron chi connectivity index (χ4n) is 1.75. The summed E-state index contributed by atoms with van der Waals surface area (Å²) >= 11 is 0. The Bertz CT molecular complexity index is 566. The summed E-state index contributed by atoms with van der Waals surface area (Å²) in [6, 6.07) is 4.94. The van der Waals surface area contributed by atoms with E-state index < -0.39 is 11.7 Å². The minimum atomic E-state index is -0.606. The number of hydrogen-bond donors (Lipinski definition) is 1. The summed E-state index contributed by atoms with van der Waals surface area (Å²) in [5.74, 6) is -1.17. The maximum atomic E-state index is 11.8. The molecular weight excluding hydrogens is 256 g/mol. The topological polar surface area (TPSA) is 76.9 Å². The van der Waals surface area contributed by atoms with Crippen molar-refractivity contribution in [1.82, 2.24) is 20.1 Å². The van der Waals surface area contributed by atoms with Crippen LogP contribution in [0.3, 0.4) is 0 Å². The van der Waals surface area contributed by atoms with Gasteiger partial charge >= 0.3 is 0 Å². The molecule has 6 nitrogen and oxygen atoms in total. The molecule has 2 rings (SSSR count). The predicted molar refractivity (Wildman–Crippen MR) is 73.0 cm³/mol. The Morgan fingerprint density at radius 2 is 2.20 bits per heavy atom. The predicted octanol–water partition coefficient (Wildman–Crippen LogP) is 1.06. The first-order chi connectivity index (χ1) is 9.66. The van der Waals surface area contributed by atoms with E-state index in [1.54, 1.807) is 29.2 Å². The minimum absolute atomic E-state index is 0.104. The van der Waals surface area contributed by atoms with Crippen LogP contribution < -0.4 is 5.32 Å². The molecule has 0 bridgehead atoms. The van der Waals surface area contributed by atoms with Gasteiger partial charge in [-0.05, 0) is 31.5 Å². The quantitative estimate of drug-likeness (QED) is 0.630. The molecule has 1 atom stereocenters. The Morgan fingerprint density at radius 3 is 2.85 bits per heavy atom. The van der Waals surface area contributed by atoms with Crippen LogP contribution in [-0.2, 0) is 11.3 Å². The van der Waals surface area contributed by atoms with Crippen LogP contribution in [0.15, 0.2) is 43.0 Å². The van der Waals surface area contributed by atoms with Gasteiger partial charge in [0.1, 0.15) is 0 Å². The molecule has 0 aliphatic rings. The van der Waals surface area contributed by atoms with E-state index in [4.69, 9.17) is 0 Å². The van der Waals surface area contributed by atoms with Crippen LogP contribution in [0.1, 0.15) is 23.7 Å². The summed E-state index contributed by atoms with van der Waals surface area (Å²) in [4.78, 5) is 27.5. The van der Waals surface area contributed by atoms with Gasteiger partial charge in [-0.2, -0.15) is 5.10 Å². The lowest BCUT2D eigenvalue weighted by atomic mass is 10.1. The van der Waals surface area contributed by atoms with E-state index in [-0.39, 0.29) is 6.04 Å². The molecule has 1 amide bonds. The molecule has 2 heterocycles. The van der Waals surface area contributed by atoms with Crippen LogP contribution in [0, 0.1) is 0 Å². The average molecular weight is 272 g/mol. The van der Waals surface area contributed by atoms with Gasteiger partial charge in [0.05, 0.1) is 0 Å². The number of carbonyl (C=O) groups excluding carboxylic acids is 2. The van der Waals surface area contributed by atoms with Gasteiger partial charge in [0.25, 0.3) is 11.7 Å². The van der Waals surface area contributed by atoms with E-state index in [2.05, 4.69) is 15.4 Å². The number of ketones is 1. The van der Waals surface area contributed by atoms with Crippen molar-refractivity contribution in [3.8, 4) is 0 Å². The fourth-order valence-corrected chi connectivity index (χ4v) is 1.75. The van der Waals surface area contributed by atoms with Crippen LogP contribution in [0.4, 0.5) is 0 Å². The molecule has 6 heteroatoms. The number of amides is 1. The van der Waals surface area contributed by atoms with E-state index in [0.717, 1.165) is 0 Å². The SMILES string of the molecule is CC(CCn1cccn1)NC(=O)C(=O)c1cccnc1. The average Bonchev–Trinajstić information content (AvgIpc) is 2.98. The smallest absolute Gasteiger partial charge is 0.292 e. The lowest BCUT2D eigenvalue weighted by Gasteiger charge is -2.13. The summed E-state index contributed by atoms with van der Waals surface area (Å²) in [7, 11) is 0. The summed E-state index contributed by atoms with van der Waals surface area (Å²) < 4.78 is 1.78. The number of aryl methyl sites for hydroxylation is 1. The van der Waals surface area contributed by atoms with Gasteiger partial charge in [-0.1, -0.05) is 0 Å². The summed E-state index contributed by atoms with van der Waals surface area (Å²) in [5.41, 5.74) is 0.296. The number of hydrogen-bond acceptors (Lipinski definition) is 4. The largest absolute Gasteiger partial charge is 0.347 e. The number of Topliss-reactive ketones (excluding diaryl/α,β-unsaturated/α-hetero) is 1. The second kappa shape index (κ2) is 6.60. The van der Waals surface area contributed by atoms with Gasteiger partial charge < -0.3 is 5.32 Å². The van der Waals surface area contributed by atoms with Crippen molar-refractivity contribution in [2.24, 2.45) is 0 Å². The molecule has 20 heavy (non-hydrogen) atoms. The third-order valence-electron chi connectivity index (χ3n) is 2.86. The van der Waals surface area contributed by atoms with E-state index in [1.807, 2.05) is 19.2 Å². The van der Waals surface area contributed by atoms with Crippen LogP contribution in [0.25, 0.3) is 0 Å². The molecule has 0 aromatic carbocycles. The summed E-state index contributed by atoms with van der Waals surface area (Å²) in [6.07, 6.45) is 7.20. The molecule has 0 saturated heterocycles. The second-order valence-corrected chi connectivity index (χ2v) is 4.50. The number of nitrogens with one attached hydrogen (secondary N) is 1. The van der Waals surface area contributed by atoms with Gasteiger partial charge in [0.2, 0.25) is 0 Å². The van der Waals surface area contributed by atoms with Crippen molar-refractivity contribution in [2.45, 2.75) is 25.9 Å². The van der Waals surface area contributed by atoms with E-state index in [9.17, 15) is 9.59 Å². The fraction of sp³-hybridized carbons (Fsp3) is 0.286. The van der Waals surface area contributed by atoms with E-state index >= 15 is 0 Å². The van der Waals surface area contributed by atoms with Crippen molar-refractivity contribution >= 4 is 11.7 Å². The normalized spacial score (nSPS) is 11.8. The van der Waals surface area contributed by atoms with E-state index in [0.29, 0.717) is 18.5 Å². The highest BCUT2D eigenvalue weighted by molar-refractivity contribution is 6.42. The molecule has 1 N–H and O–H groups in total. The van der Waals surface area contributed by atoms with Crippen molar-refractivity contribution in [3.63, 3.8) is 0 Å².